The number of carbonyl (C=O) groups excluding carboxylic acids is 1. The van der Waals surface area contributed by atoms with Crippen LogP contribution in [0.2, 0.25) is 0 Å². The molecule has 0 aliphatic carbocycles. The highest BCUT2D eigenvalue weighted by Crippen LogP contribution is 2.25. The first-order chi connectivity index (χ1) is 8.77. The lowest BCUT2D eigenvalue weighted by Crippen LogP contribution is -2.31. The Morgan fingerprint density at radius 1 is 1.22 bits per heavy atom. The van der Waals surface area contributed by atoms with E-state index in [0.29, 0.717) is 31.3 Å². The maximum Gasteiger partial charge on any atom is 0.258 e. The first-order valence-corrected chi connectivity index (χ1v) is 5.88. The van der Waals surface area contributed by atoms with Crippen LogP contribution in [0.5, 0.6) is 11.5 Å². The van der Waals surface area contributed by atoms with E-state index in [4.69, 9.17) is 14.2 Å². The fourth-order valence-corrected chi connectivity index (χ4v) is 1.33. The van der Waals surface area contributed by atoms with E-state index in [1.165, 1.54) is 0 Å². The molecule has 1 aromatic rings. The summed E-state index contributed by atoms with van der Waals surface area (Å²) in [6, 6.07) is 7.27. The standard InChI is InChI=1S/C13H19NO4/c1-3-17-11-6-4-5-7-12(11)18-10-13(15)14-8-9-16-2/h4-7H,3,8-10H2,1-2H3,(H,14,15). The molecule has 1 rings (SSSR count). The molecule has 100 valence electrons. The summed E-state index contributed by atoms with van der Waals surface area (Å²) in [5, 5.41) is 2.68. The number of amides is 1. The van der Waals surface area contributed by atoms with Crippen LogP contribution in [0.4, 0.5) is 0 Å². The third-order valence-corrected chi connectivity index (χ3v) is 2.14. The van der Waals surface area contributed by atoms with Gasteiger partial charge in [-0.1, -0.05) is 12.1 Å². The molecule has 5 nitrogen and oxygen atoms in total. The quantitative estimate of drug-likeness (QED) is 0.708. The Morgan fingerprint density at radius 3 is 2.50 bits per heavy atom. The Morgan fingerprint density at radius 2 is 1.89 bits per heavy atom. The van der Waals surface area contributed by atoms with Crippen molar-refractivity contribution < 1.29 is 19.0 Å². The van der Waals surface area contributed by atoms with E-state index in [2.05, 4.69) is 5.32 Å². The van der Waals surface area contributed by atoms with Crippen molar-refractivity contribution in [2.45, 2.75) is 6.92 Å². The third kappa shape index (κ3) is 5.05. The largest absolute Gasteiger partial charge is 0.490 e. The van der Waals surface area contributed by atoms with Gasteiger partial charge in [-0.2, -0.15) is 0 Å². The molecule has 0 spiro atoms. The molecule has 0 atom stereocenters. The fraction of sp³-hybridized carbons (Fsp3) is 0.462. The number of hydrogen-bond donors (Lipinski definition) is 1. The van der Waals surface area contributed by atoms with Gasteiger partial charge in [-0.25, -0.2) is 0 Å². The molecule has 0 bridgehead atoms. The molecule has 1 amide bonds. The van der Waals surface area contributed by atoms with Crippen LogP contribution in [0.15, 0.2) is 24.3 Å². The molecule has 0 saturated heterocycles. The summed E-state index contributed by atoms with van der Waals surface area (Å²) in [6.45, 7) is 3.38. The predicted octanol–water partition coefficient (Wildman–Crippen LogP) is 1.23. The van der Waals surface area contributed by atoms with Crippen LogP contribution in [0.25, 0.3) is 0 Å². The predicted molar refractivity (Wildman–Crippen MR) is 68.0 cm³/mol. The molecule has 0 radical (unpaired) electrons. The summed E-state index contributed by atoms with van der Waals surface area (Å²) in [5.74, 6) is 1.03. The van der Waals surface area contributed by atoms with E-state index >= 15 is 0 Å². The van der Waals surface area contributed by atoms with Crippen molar-refractivity contribution in [3.63, 3.8) is 0 Å². The minimum Gasteiger partial charge on any atom is -0.490 e. The molecule has 0 fully saturated rings. The molecule has 0 saturated carbocycles. The highest BCUT2D eigenvalue weighted by atomic mass is 16.5. The molecule has 0 aliphatic rings. The second-order valence-electron chi connectivity index (χ2n) is 3.51. The Kier molecular flexibility index (Phi) is 6.64. The molecule has 0 heterocycles. The van der Waals surface area contributed by atoms with Crippen molar-refractivity contribution in [2.24, 2.45) is 0 Å². The normalized spacial score (nSPS) is 9.89. The van der Waals surface area contributed by atoms with Crippen LogP contribution in [0.3, 0.4) is 0 Å². The van der Waals surface area contributed by atoms with Crippen molar-refractivity contribution in [3.05, 3.63) is 24.3 Å². The van der Waals surface area contributed by atoms with Crippen molar-refractivity contribution in [2.75, 3.05) is 33.5 Å². The Labute approximate surface area is 107 Å². The minimum absolute atomic E-state index is 0.0339. The van der Waals surface area contributed by atoms with E-state index in [9.17, 15) is 4.79 Å². The van der Waals surface area contributed by atoms with E-state index in [1.54, 1.807) is 13.2 Å². The van der Waals surface area contributed by atoms with E-state index < -0.39 is 0 Å². The zero-order chi connectivity index (χ0) is 13.2. The number of para-hydroxylation sites is 2. The van der Waals surface area contributed by atoms with E-state index in [1.807, 2.05) is 25.1 Å². The van der Waals surface area contributed by atoms with Gasteiger partial charge in [0, 0.05) is 13.7 Å². The number of benzene rings is 1. The lowest BCUT2D eigenvalue weighted by molar-refractivity contribution is -0.123. The van der Waals surface area contributed by atoms with Crippen LogP contribution >= 0.6 is 0 Å². The summed E-state index contributed by atoms with van der Waals surface area (Å²) in [5.41, 5.74) is 0. The van der Waals surface area contributed by atoms with Crippen molar-refractivity contribution in [1.82, 2.24) is 5.32 Å². The molecule has 18 heavy (non-hydrogen) atoms. The third-order valence-electron chi connectivity index (χ3n) is 2.14. The highest BCUT2D eigenvalue weighted by molar-refractivity contribution is 5.77. The molecule has 0 unspecified atom stereocenters. The van der Waals surface area contributed by atoms with Crippen LogP contribution in [0, 0.1) is 0 Å². The second kappa shape index (κ2) is 8.36. The van der Waals surface area contributed by atoms with E-state index in [-0.39, 0.29) is 12.5 Å². The molecule has 1 aromatic carbocycles. The lowest BCUT2D eigenvalue weighted by atomic mass is 10.3. The van der Waals surface area contributed by atoms with Gasteiger partial charge in [0.1, 0.15) is 0 Å². The van der Waals surface area contributed by atoms with Gasteiger partial charge in [0.15, 0.2) is 18.1 Å². The van der Waals surface area contributed by atoms with Gasteiger partial charge in [0.2, 0.25) is 0 Å². The van der Waals surface area contributed by atoms with Crippen LogP contribution in [-0.2, 0) is 9.53 Å². The zero-order valence-electron chi connectivity index (χ0n) is 10.8. The van der Waals surface area contributed by atoms with Crippen molar-refractivity contribution in [1.29, 1.82) is 0 Å². The maximum absolute atomic E-state index is 11.4. The molecule has 0 aromatic heterocycles. The summed E-state index contributed by atoms with van der Waals surface area (Å²) >= 11 is 0. The number of ether oxygens (including phenoxy) is 3. The van der Waals surface area contributed by atoms with Crippen molar-refractivity contribution in [3.8, 4) is 11.5 Å². The topological polar surface area (TPSA) is 56.8 Å². The van der Waals surface area contributed by atoms with Crippen LogP contribution in [-0.4, -0.2) is 39.4 Å². The van der Waals surface area contributed by atoms with E-state index in [0.717, 1.165) is 0 Å². The zero-order valence-corrected chi connectivity index (χ0v) is 10.8. The number of hydrogen-bond acceptors (Lipinski definition) is 4. The van der Waals surface area contributed by atoms with Crippen LogP contribution in [0.1, 0.15) is 6.92 Å². The molecule has 5 heteroatoms. The molecular weight excluding hydrogens is 234 g/mol. The Balaban J connectivity index is 2.40. The van der Waals surface area contributed by atoms with Gasteiger partial charge in [-0.3, -0.25) is 4.79 Å². The fourth-order valence-electron chi connectivity index (χ4n) is 1.33. The number of rotatable bonds is 8. The van der Waals surface area contributed by atoms with Crippen molar-refractivity contribution >= 4 is 5.91 Å². The lowest BCUT2D eigenvalue weighted by Gasteiger charge is -2.11. The van der Waals surface area contributed by atoms with Gasteiger partial charge in [0.25, 0.3) is 5.91 Å². The number of methoxy groups -OCH3 is 1. The Hall–Kier alpha value is -1.75. The first-order valence-electron chi connectivity index (χ1n) is 5.88. The second-order valence-corrected chi connectivity index (χ2v) is 3.51. The van der Waals surface area contributed by atoms with Gasteiger partial charge in [0.05, 0.1) is 13.2 Å². The number of carbonyl (C=O) groups is 1. The Bertz CT molecular complexity index is 368. The maximum atomic E-state index is 11.4. The molecule has 0 aliphatic heterocycles. The van der Waals surface area contributed by atoms with Gasteiger partial charge >= 0.3 is 0 Å². The average Bonchev–Trinajstić information content (AvgIpc) is 2.38. The van der Waals surface area contributed by atoms with Crippen LogP contribution < -0.4 is 14.8 Å². The van der Waals surface area contributed by atoms with Gasteiger partial charge < -0.3 is 19.5 Å². The summed E-state index contributed by atoms with van der Waals surface area (Å²) in [7, 11) is 1.58. The minimum atomic E-state index is -0.182. The number of nitrogens with one attached hydrogen (secondary N) is 1. The first kappa shape index (κ1) is 14.3. The van der Waals surface area contributed by atoms with Gasteiger partial charge in [-0.05, 0) is 19.1 Å². The average molecular weight is 253 g/mol. The summed E-state index contributed by atoms with van der Waals surface area (Å²) in [6.07, 6.45) is 0. The molecular formula is C13H19NO4. The smallest absolute Gasteiger partial charge is 0.258 e. The molecule has 1 N–H and O–H groups in total. The highest BCUT2D eigenvalue weighted by Gasteiger charge is 2.06. The monoisotopic (exact) mass is 253 g/mol. The SMILES string of the molecule is CCOc1ccccc1OCC(=O)NCCOC. The van der Waals surface area contributed by atoms with Gasteiger partial charge in [-0.15, -0.1) is 0 Å². The summed E-state index contributed by atoms with van der Waals surface area (Å²) in [4.78, 5) is 11.4. The summed E-state index contributed by atoms with van der Waals surface area (Å²) < 4.78 is 15.6.